The number of hydrogen-bond donors (Lipinski definition) is 3. The van der Waals surface area contributed by atoms with Gasteiger partial charge in [0.05, 0.1) is 16.7 Å². The number of aliphatic hydroxyl groups is 1. The lowest BCUT2D eigenvalue weighted by Crippen LogP contribution is -2.55. The summed E-state index contributed by atoms with van der Waals surface area (Å²) in [5, 5.41) is 32.4. The number of aromatic nitrogens is 1. The van der Waals surface area contributed by atoms with Gasteiger partial charge in [-0.3, -0.25) is 5.21 Å². The molecule has 2 aliphatic rings. The number of pyridine rings is 1. The van der Waals surface area contributed by atoms with Crippen molar-refractivity contribution in [2.24, 2.45) is 5.41 Å². The topological polar surface area (TPSA) is 94.1 Å². The molecule has 2 aromatic carbocycles. The van der Waals surface area contributed by atoms with E-state index in [0.29, 0.717) is 41.4 Å². The number of carboxylic acids is 1. The quantitative estimate of drug-likeness (QED) is 0.318. The van der Waals surface area contributed by atoms with E-state index >= 15 is 0 Å². The van der Waals surface area contributed by atoms with E-state index < -0.39 is 11.6 Å². The highest BCUT2D eigenvalue weighted by atomic mass is 35.5. The van der Waals surface area contributed by atoms with Crippen LogP contribution < -0.4 is 9.47 Å². The van der Waals surface area contributed by atoms with Gasteiger partial charge in [0.1, 0.15) is 5.75 Å². The third kappa shape index (κ3) is 4.77. The fourth-order valence-electron chi connectivity index (χ4n) is 5.70. The van der Waals surface area contributed by atoms with Crippen LogP contribution in [0.15, 0.2) is 66.9 Å². The lowest BCUT2D eigenvalue weighted by Gasteiger charge is -2.50. The summed E-state index contributed by atoms with van der Waals surface area (Å²) in [6.07, 6.45) is 4.94. The van der Waals surface area contributed by atoms with Crippen LogP contribution >= 0.6 is 11.6 Å². The SMILES string of the molecule is CC1(C)CN(CCC=C2c3cc(C(=O)O)ccc3OCc3c2ccc[n+]3O)CCC1(O)c1ccc(Cl)cc1. The van der Waals surface area contributed by atoms with E-state index in [9.17, 15) is 20.2 Å². The highest BCUT2D eigenvalue weighted by Crippen LogP contribution is 2.46. The number of carbonyl (C=O) groups is 1. The zero-order chi connectivity index (χ0) is 27.1. The Balaban J connectivity index is 1.40. The van der Waals surface area contributed by atoms with Crippen molar-refractivity contribution < 1.29 is 29.7 Å². The number of halogens is 1. The predicted molar refractivity (Wildman–Crippen MR) is 143 cm³/mol. The van der Waals surface area contributed by atoms with E-state index in [1.54, 1.807) is 24.4 Å². The Morgan fingerprint density at radius 2 is 1.92 bits per heavy atom. The van der Waals surface area contributed by atoms with Gasteiger partial charge >= 0.3 is 5.97 Å². The standard InChI is InChI=1S/C30H31ClN2O5/c1-29(2)19-32(16-13-30(29,36)21-8-10-22(31)11-9-21)14-3-5-23-24-6-4-15-33(37)26(24)18-38-27-12-7-20(28(34)35)17-25(23)27/h4-12,15,17,36H,3,13-14,16,18-19H2,1-2H3,(H-,34,35,37)/p+1. The number of rotatable bonds is 5. The highest BCUT2D eigenvalue weighted by molar-refractivity contribution is 6.30. The minimum atomic E-state index is -1.01. The molecule has 198 valence electrons. The second-order valence-electron chi connectivity index (χ2n) is 10.7. The van der Waals surface area contributed by atoms with Gasteiger partial charge in [-0.1, -0.05) is 43.7 Å². The second-order valence-corrected chi connectivity index (χ2v) is 11.1. The third-order valence-corrected chi connectivity index (χ3v) is 8.14. The van der Waals surface area contributed by atoms with Gasteiger partial charge in [0.2, 0.25) is 6.20 Å². The molecule has 1 unspecified atom stereocenters. The molecule has 2 aliphatic heterocycles. The van der Waals surface area contributed by atoms with Gasteiger partial charge in [0, 0.05) is 46.4 Å². The summed E-state index contributed by atoms with van der Waals surface area (Å²) in [4.78, 5) is 14.0. The largest absolute Gasteiger partial charge is 0.482 e. The van der Waals surface area contributed by atoms with Gasteiger partial charge in [-0.25, -0.2) is 4.79 Å². The molecule has 1 aromatic heterocycles. The highest BCUT2D eigenvalue weighted by Gasteiger charge is 2.48. The number of benzene rings is 2. The van der Waals surface area contributed by atoms with Crippen molar-refractivity contribution in [2.75, 3.05) is 19.6 Å². The summed E-state index contributed by atoms with van der Waals surface area (Å²) >= 11 is 6.07. The van der Waals surface area contributed by atoms with E-state index in [4.69, 9.17) is 16.3 Å². The molecule has 3 heterocycles. The molecule has 1 atom stereocenters. The van der Waals surface area contributed by atoms with Gasteiger partial charge in [0.25, 0.3) is 5.69 Å². The molecule has 0 saturated carbocycles. The lowest BCUT2D eigenvalue weighted by atomic mass is 9.66. The van der Waals surface area contributed by atoms with Crippen LogP contribution in [0.5, 0.6) is 5.75 Å². The summed E-state index contributed by atoms with van der Waals surface area (Å²) in [6.45, 7) is 6.56. The minimum absolute atomic E-state index is 0.160. The Hall–Kier alpha value is -3.39. The van der Waals surface area contributed by atoms with Crippen molar-refractivity contribution >= 4 is 23.1 Å². The van der Waals surface area contributed by atoms with E-state index in [1.807, 2.05) is 30.3 Å². The molecule has 0 spiro atoms. The van der Waals surface area contributed by atoms with Crippen molar-refractivity contribution in [3.05, 3.63) is 99.8 Å². The van der Waals surface area contributed by atoms with E-state index in [2.05, 4.69) is 24.8 Å². The number of ether oxygens (including phenoxy) is 1. The summed E-state index contributed by atoms with van der Waals surface area (Å²) in [5.41, 5.74) is 2.62. The minimum Gasteiger partial charge on any atom is -0.482 e. The third-order valence-electron chi connectivity index (χ3n) is 7.89. The maximum absolute atomic E-state index is 11.7. The first-order valence-corrected chi connectivity index (χ1v) is 13.1. The van der Waals surface area contributed by atoms with Gasteiger partial charge in [-0.05, 0) is 60.4 Å². The molecule has 0 bridgehead atoms. The molecule has 38 heavy (non-hydrogen) atoms. The maximum atomic E-state index is 11.7. The van der Waals surface area contributed by atoms with Crippen molar-refractivity contribution in [1.82, 2.24) is 4.90 Å². The molecular weight excluding hydrogens is 504 g/mol. The van der Waals surface area contributed by atoms with Crippen molar-refractivity contribution in [1.29, 1.82) is 0 Å². The lowest BCUT2D eigenvalue weighted by molar-refractivity contribution is -0.910. The van der Waals surface area contributed by atoms with E-state index in [1.165, 1.54) is 6.07 Å². The Morgan fingerprint density at radius 1 is 1.16 bits per heavy atom. The molecule has 3 N–H and O–H groups in total. The fraction of sp³-hybridized carbons (Fsp3) is 0.333. The summed E-state index contributed by atoms with van der Waals surface area (Å²) in [5.74, 6) is -0.435. The monoisotopic (exact) mass is 535 g/mol. The first kappa shape index (κ1) is 26.2. The first-order chi connectivity index (χ1) is 18.1. The number of fused-ring (bicyclic) bond motifs is 2. The van der Waals surface area contributed by atoms with Crippen LogP contribution in [0.2, 0.25) is 5.02 Å². The molecular formula is C30H32ClN2O5+. The van der Waals surface area contributed by atoms with Gasteiger partial charge < -0.3 is 19.8 Å². The molecule has 0 amide bonds. The van der Waals surface area contributed by atoms with Gasteiger partial charge in [-0.2, -0.15) is 0 Å². The molecule has 0 aliphatic carbocycles. The van der Waals surface area contributed by atoms with Crippen molar-refractivity contribution in [3.63, 3.8) is 0 Å². The summed E-state index contributed by atoms with van der Waals surface area (Å²) in [7, 11) is 0. The zero-order valence-corrected chi connectivity index (χ0v) is 22.3. The van der Waals surface area contributed by atoms with Crippen molar-refractivity contribution in [2.45, 2.75) is 38.9 Å². The fourth-order valence-corrected chi connectivity index (χ4v) is 5.83. The number of nitrogens with zero attached hydrogens (tertiary/aromatic N) is 2. The van der Waals surface area contributed by atoms with Gasteiger partial charge in [-0.15, -0.1) is 0 Å². The van der Waals surface area contributed by atoms with Crippen LogP contribution in [0.25, 0.3) is 5.57 Å². The Bertz CT molecular complexity index is 1400. The van der Waals surface area contributed by atoms with Gasteiger partial charge in [0.15, 0.2) is 6.61 Å². The Labute approximate surface area is 227 Å². The molecule has 1 fully saturated rings. The van der Waals surface area contributed by atoms with Crippen LogP contribution in [0.4, 0.5) is 0 Å². The second kappa shape index (κ2) is 10.1. The maximum Gasteiger partial charge on any atom is 0.335 e. The summed E-state index contributed by atoms with van der Waals surface area (Å²) < 4.78 is 7.01. The Morgan fingerprint density at radius 3 is 2.63 bits per heavy atom. The number of piperidine rings is 1. The Kier molecular flexibility index (Phi) is 6.94. The molecule has 0 radical (unpaired) electrons. The molecule has 5 rings (SSSR count). The van der Waals surface area contributed by atoms with E-state index in [-0.39, 0.29) is 17.6 Å². The average molecular weight is 536 g/mol. The van der Waals surface area contributed by atoms with Crippen LogP contribution in [0, 0.1) is 5.41 Å². The normalized spacial score (nSPS) is 21.7. The molecule has 3 aromatic rings. The van der Waals surface area contributed by atoms with Crippen LogP contribution in [0.3, 0.4) is 0 Å². The number of hydrogen-bond acceptors (Lipinski definition) is 5. The van der Waals surface area contributed by atoms with Crippen molar-refractivity contribution in [3.8, 4) is 5.75 Å². The van der Waals surface area contributed by atoms with Crippen LogP contribution in [0.1, 0.15) is 59.4 Å². The van der Waals surface area contributed by atoms with E-state index in [0.717, 1.165) is 34.5 Å². The first-order valence-electron chi connectivity index (χ1n) is 12.7. The average Bonchev–Trinajstić information content (AvgIpc) is 3.04. The predicted octanol–water partition coefficient (Wildman–Crippen LogP) is 4.90. The number of aromatic carboxylic acids is 1. The number of carboxylic acid groups (broad SMARTS) is 1. The molecule has 8 heteroatoms. The zero-order valence-electron chi connectivity index (χ0n) is 21.5. The summed E-state index contributed by atoms with van der Waals surface area (Å²) in [6, 6.07) is 16.0. The smallest absolute Gasteiger partial charge is 0.335 e. The van der Waals surface area contributed by atoms with Crippen LogP contribution in [-0.2, 0) is 12.2 Å². The van der Waals surface area contributed by atoms with Crippen LogP contribution in [-0.4, -0.2) is 45.9 Å². The number of likely N-dealkylation sites (tertiary alicyclic amines) is 1. The molecule has 7 nitrogen and oxygen atoms in total. The molecule has 1 saturated heterocycles.